The third-order valence-corrected chi connectivity index (χ3v) is 5.66. The SMILES string of the molecule is CC(C)c1ccc(C2CC2C(=O)NCC2(C)CCNCC2)cc1. The van der Waals surface area contributed by atoms with Gasteiger partial charge in [-0.3, -0.25) is 4.79 Å². The van der Waals surface area contributed by atoms with Gasteiger partial charge in [0.1, 0.15) is 0 Å². The van der Waals surface area contributed by atoms with Gasteiger partial charge in [-0.2, -0.15) is 0 Å². The van der Waals surface area contributed by atoms with Crippen LogP contribution in [0.1, 0.15) is 63.0 Å². The molecule has 0 aromatic heterocycles. The highest BCUT2D eigenvalue weighted by molar-refractivity contribution is 5.82. The van der Waals surface area contributed by atoms with Gasteiger partial charge in [0.05, 0.1) is 0 Å². The monoisotopic (exact) mass is 314 g/mol. The topological polar surface area (TPSA) is 41.1 Å². The normalized spacial score (nSPS) is 26.1. The van der Waals surface area contributed by atoms with Crippen LogP contribution in [0.4, 0.5) is 0 Å². The number of carbonyl (C=O) groups excluding carboxylic acids is 1. The molecule has 2 fully saturated rings. The molecule has 0 radical (unpaired) electrons. The van der Waals surface area contributed by atoms with Crippen molar-refractivity contribution in [3.05, 3.63) is 35.4 Å². The molecule has 3 heteroatoms. The minimum atomic E-state index is 0.185. The molecule has 1 aromatic rings. The molecule has 2 aliphatic rings. The highest BCUT2D eigenvalue weighted by atomic mass is 16.2. The van der Waals surface area contributed by atoms with Crippen molar-refractivity contribution >= 4 is 5.91 Å². The van der Waals surface area contributed by atoms with Crippen LogP contribution < -0.4 is 10.6 Å². The minimum Gasteiger partial charge on any atom is -0.355 e. The molecule has 2 atom stereocenters. The summed E-state index contributed by atoms with van der Waals surface area (Å²) in [5.74, 6) is 1.43. The zero-order valence-electron chi connectivity index (χ0n) is 14.7. The Bertz CT molecular complexity index is 543. The maximum Gasteiger partial charge on any atom is 0.223 e. The van der Waals surface area contributed by atoms with Gasteiger partial charge < -0.3 is 10.6 Å². The van der Waals surface area contributed by atoms with Crippen molar-refractivity contribution in [3.8, 4) is 0 Å². The van der Waals surface area contributed by atoms with E-state index in [1.54, 1.807) is 0 Å². The Kier molecular flexibility index (Phi) is 4.77. The van der Waals surface area contributed by atoms with E-state index in [2.05, 4.69) is 55.7 Å². The number of hydrogen-bond donors (Lipinski definition) is 2. The molecule has 3 rings (SSSR count). The van der Waals surface area contributed by atoms with Gasteiger partial charge >= 0.3 is 0 Å². The van der Waals surface area contributed by atoms with E-state index in [0.29, 0.717) is 11.8 Å². The van der Waals surface area contributed by atoms with Gasteiger partial charge in [0.15, 0.2) is 0 Å². The maximum absolute atomic E-state index is 12.4. The number of carbonyl (C=O) groups is 1. The highest BCUT2D eigenvalue weighted by Crippen LogP contribution is 2.47. The summed E-state index contributed by atoms with van der Waals surface area (Å²) in [5.41, 5.74) is 2.96. The van der Waals surface area contributed by atoms with Gasteiger partial charge in [0, 0.05) is 12.5 Å². The van der Waals surface area contributed by atoms with Gasteiger partial charge in [-0.15, -0.1) is 0 Å². The molecule has 1 aliphatic carbocycles. The molecule has 23 heavy (non-hydrogen) atoms. The first-order valence-electron chi connectivity index (χ1n) is 9.07. The lowest BCUT2D eigenvalue weighted by molar-refractivity contribution is -0.123. The molecule has 1 saturated carbocycles. The summed E-state index contributed by atoms with van der Waals surface area (Å²) in [5, 5.41) is 6.61. The number of nitrogens with one attached hydrogen (secondary N) is 2. The van der Waals surface area contributed by atoms with E-state index in [4.69, 9.17) is 0 Å². The van der Waals surface area contributed by atoms with E-state index in [1.165, 1.54) is 11.1 Å². The molecule has 0 spiro atoms. The molecule has 1 aromatic carbocycles. The highest BCUT2D eigenvalue weighted by Gasteiger charge is 2.44. The Morgan fingerprint density at radius 1 is 1.26 bits per heavy atom. The number of benzene rings is 1. The van der Waals surface area contributed by atoms with E-state index in [-0.39, 0.29) is 17.2 Å². The molecule has 1 heterocycles. The van der Waals surface area contributed by atoms with Crippen LogP contribution in [-0.2, 0) is 4.79 Å². The van der Waals surface area contributed by atoms with Crippen molar-refractivity contribution in [1.29, 1.82) is 0 Å². The molecular weight excluding hydrogens is 284 g/mol. The number of rotatable bonds is 5. The zero-order valence-corrected chi connectivity index (χ0v) is 14.7. The van der Waals surface area contributed by atoms with E-state index in [9.17, 15) is 4.79 Å². The first-order chi connectivity index (χ1) is 11.0. The molecule has 1 aliphatic heterocycles. The Morgan fingerprint density at radius 3 is 2.52 bits per heavy atom. The number of piperidine rings is 1. The van der Waals surface area contributed by atoms with Crippen LogP contribution in [0.15, 0.2) is 24.3 Å². The molecule has 2 N–H and O–H groups in total. The smallest absolute Gasteiger partial charge is 0.223 e. The van der Waals surface area contributed by atoms with Crippen molar-refractivity contribution in [2.45, 2.75) is 51.9 Å². The summed E-state index contributed by atoms with van der Waals surface area (Å²) < 4.78 is 0. The van der Waals surface area contributed by atoms with Crippen LogP contribution in [-0.4, -0.2) is 25.5 Å². The summed E-state index contributed by atoms with van der Waals surface area (Å²) in [6.07, 6.45) is 3.31. The largest absolute Gasteiger partial charge is 0.355 e. The van der Waals surface area contributed by atoms with E-state index >= 15 is 0 Å². The van der Waals surface area contributed by atoms with Crippen LogP contribution in [0.5, 0.6) is 0 Å². The molecular formula is C20H30N2O. The summed E-state index contributed by atoms with van der Waals surface area (Å²) in [6, 6.07) is 8.84. The van der Waals surface area contributed by atoms with E-state index < -0.39 is 0 Å². The predicted molar refractivity (Wildman–Crippen MR) is 94.6 cm³/mol. The van der Waals surface area contributed by atoms with Crippen LogP contribution in [0.25, 0.3) is 0 Å². The molecule has 2 unspecified atom stereocenters. The standard InChI is InChI=1S/C20H30N2O/c1-14(2)15-4-6-16(7-5-15)17-12-18(17)19(23)22-13-20(3)8-10-21-11-9-20/h4-7,14,17-18,21H,8-13H2,1-3H3,(H,22,23). The fourth-order valence-corrected chi connectivity index (χ4v) is 3.62. The second-order valence-electron chi connectivity index (χ2n) is 8.05. The Balaban J connectivity index is 1.50. The Morgan fingerprint density at radius 2 is 1.91 bits per heavy atom. The molecule has 126 valence electrons. The number of amides is 1. The number of hydrogen-bond acceptors (Lipinski definition) is 2. The fraction of sp³-hybridized carbons (Fsp3) is 0.650. The average molecular weight is 314 g/mol. The second-order valence-corrected chi connectivity index (χ2v) is 8.05. The Hall–Kier alpha value is -1.35. The van der Waals surface area contributed by atoms with Crippen LogP contribution in [0.2, 0.25) is 0 Å². The Labute approximate surface area is 140 Å². The summed E-state index contributed by atoms with van der Waals surface area (Å²) in [4.78, 5) is 12.4. The van der Waals surface area contributed by atoms with Gasteiger partial charge in [-0.25, -0.2) is 0 Å². The first kappa shape index (κ1) is 16.5. The van der Waals surface area contributed by atoms with Crippen molar-refractivity contribution in [2.24, 2.45) is 11.3 Å². The molecule has 1 saturated heterocycles. The third kappa shape index (κ3) is 3.95. The fourth-order valence-electron chi connectivity index (χ4n) is 3.62. The predicted octanol–water partition coefficient (Wildman–Crippen LogP) is 3.42. The zero-order chi connectivity index (χ0) is 16.4. The van der Waals surface area contributed by atoms with Gasteiger partial charge in [0.2, 0.25) is 5.91 Å². The average Bonchev–Trinajstić information content (AvgIpc) is 3.34. The second kappa shape index (κ2) is 6.64. The molecule has 3 nitrogen and oxygen atoms in total. The van der Waals surface area contributed by atoms with Gasteiger partial charge in [-0.1, -0.05) is 45.0 Å². The third-order valence-electron chi connectivity index (χ3n) is 5.66. The lowest BCUT2D eigenvalue weighted by Gasteiger charge is -2.34. The van der Waals surface area contributed by atoms with Gasteiger partial charge in [-0.05, 0) is 60.7 Å². The van der Waals surface area contributed by atoms with E-state index in [0.717, 1.165) is 38.9 Å². The van der Waals surface area contributed by atoms with Gasteiger partial charge in [0.25, 0.3) is 0 Å². The lowest BCUT2D eigenvalue weighted by Crippen LogP contribution is -2.43. The molecule has 1 amide bonds. The molecule has 0 bridgehead atoms. The lowest BCUT2D eigenvalue weighted by atomic mass is 9.81. The van der Waals surface area contributed by atoms with Crippen LogP contribution in [0, 0.1) is 11.3 Å². The van der Waals surface area contributed by atoms with Crippen molar-refractivity contribution < 1.29 is 4.79 Å². The van der Waals surface area contributed by atoms with Crippen LogP contribution in [0.3, 0.4) is 0 Å². The summed E-state index contributed by atoms with van der Waals surface area (Å²) in [6.45, 7) is 9.68. The quantitative estimate of drug-likeness (QED) is 0.874. The van der Waals surface area contributed by atoms with E-state index in [1.807, 2.05) is 0 Å². The minimum absolute atomic E-state index is 0.185. The summed E-state index contributed by atoms with van der Waals surface area (Å²) >= 11 is 0. The van der Waals surface area contributed by atoms with Crippen molar-refractivity contribution in [2.75, 3.05) is 19.6 Å². The summed E-state index contributed by atoms with van der Waals surface area (Å²) in [7, 11) is 0. The van der Waals surface area contributed by atoms with Crippen LogP contribution >= 0.6 is 0 Å². The van der Waals surface area contributed by atoms with Crippen molar-refractivity contribution in [1.82, 2.24) is 10.6 Å². The first-order valence-corrected chi connectivity index (χ1v) is 9.07. The maximum atomic E-state index is 12.4. The van der Waals surface area contributed by atoms with Crippen molar-refractivity contribution in [3.63, 3.8) is 0 Å².